The third-order valence-corrected chi connectivity index (χ3v) is 5.74. The minimum Gasteiger partial charge on any atom is -0.396 e. The average Bonchev–Trinajstić information content (AvgIpc) is 2.80. The molecule has 6 heteroatoms. The number of amides is 1. The number of aliphatic hydroxyl groups excluding tert-OH is 2. The first-order valence-corrected chi connectivity index (χ1v) is 11.0. The number of rotatable bonds is 10. The maximum absolute atomic E-state index is 12.5. The van der Waals surface area contributed by atoms with E-state index in [0.717, 1.165) is 17.5 Å². The molecule has 2 aromatic carbocycles. The zero-order valence-corrected chi connectivity index (χ0v) is 18.0. The van der Waals surface area contributed by atoms with Crippen LogP contribution in [0.3, 0.4) is 0 Å². The Kier molecular flexibility index (Phi) is 9.03. The van der Waals surface area contributed by atoms with Crippen LogP contribution in [0, 0.1) is 5.92 Å². The first-order valence-electron chi connectivity index (χ1n) is 11.0. The molecule has 31 heavy (non-hydrogen) atoms. The molecule has 5 atom stereocenters. The Hall–Kier alpha value is -2.25. The van der Waals surface area contributed by atoms with Gasteiger partial charge in [-0.05, 0) is 24.0 Å². The maximum atomic E-state index is 12.5. The van der Waals surface area contributed by atoms with Crippen LogP contribution in [0.5, 0.6) is 0 Å². The van der Waals surface area contributed by atoms with Crippen LogP contribution >= 0.6 is 0 Å². The minimum absolute atomic E-state index is 0.0937. The van der Waals surface area contributed by atoms with E-state index in [1.807, 2.05) is 67.6 Å². The Labute approximate surface area is 184 Å². The number of aliphatic hydroxyl groups is 2. The van der Waals surface area contributed by atoms with Gasteiger partial charge in [0.2, 0.25) is 5.91 Å². The fourth-order valence-corrected chi connectivity index (χ4v) is 4.04. The Morgan fingerprint density at radius 3 is 2.13 bits per heavy atom. The molecule has 1 aliphatic rings. The van der Waals surface area contributed by atoms with Gasteiger partial charge in [0.15, 0.2) is 0 Å². The Balaban J connectivity index is 1.78. The summed E-state index contributed by atoms with van der Waals surface area (Å²) in [5, 5.41) is 23.8. The third kappa shape index (κ3) is 6.61. The summed E-state index contributed by atoms with van der Waals surface area (Å²) >= 11 is 0. The Bertz CT molecular complexity index is 785. The molecular formula is C25H33NO5. The number of carbonyl (C=O) groups is 1. The predicted octanol–water partition coefficient (Wildman–Crippen LogP) is 2.82. The van der Waals surface area contributed by atoms with Gasteiger partial charge in [-0.2, -0.15) is 0 Å². The van der Waals surface area contributed by atoms with Crippen molar-refractivity contribution in [1.82, 2.24) is 5.32 Å². The van der Waals surface area contributed by atoms with Crippen molar-refractivity contribution in [2.45, 2.75) is 63.8 Å². The number of ether oxygens (including phenoxy) is 2. The first-order chi connectivity index (χ1) is 15.1. The molecule has 1 amide bonds. The average molecular weight is 428 g/mol. The molecule has 0 spiro atoms. The number of nitrogens with one attached hydrogen (secondary N) is 1. The molecule has 0 aliphatic heterocycles. The van der Waals surface area contributed by atoms with Crippen molar-refractivity contribution in [3.05, 3.63) is 71.8 Å². The molecular weight excluding hydrogens is 394 g/mol. The topological polar surface area (TPSA) is 88.0 Å². The van der Waals surface area contributed by atoms with E-state index in [2.05, 4.69) is 5.32 Å². The smallest absolute Gasteiger partial charge is 0.220 e. The molecule has 1 unspecified atom stereocenters. The lowest BCUT2D eigenvalue weighted by atomic mass is 9.79. The summed E-state index contributed by atoms with van der Waals surface area (Å²) in [7, 11) is 0. The highest BCUT2D eigenvalue weighted by molar-refractivity contribution is 5.76. The van der Waals surface area contributed by atoms with Crippen molar-refractivity contribution >= 4 is 5.91 Å². The highest BCUT2D eigenvalue weighted by atomic mass is 16.5. The molecule has 3 N–H and O–H groups in total. The van der Waals surface area contributed by atoms with Crippen LogP contribution in [0.25, 0.3) is 0 Å². The van der Waals surface area contributed by atoms with Gasteiger partial charge in [0.25, 0.3) is 0 Å². The summed E-state index contributed by atoms with van der Waals surface area (Å²) in [6.07, 6.45) is -0.419. The quantitative estimate of drug-likeness (QED) is 0.543. The molecule has 0 saturated heterocycles. The van der Waals surface area contributed by atoms with Crippen molar-refractivity contribution in [3.8, 4) is 0 Å². The van der Waals surface area contributed by atoms with Gasteiger partial charge in [0.1, 0.15) is 6.10 Å². The third-order valence-electron chi connectivity index (χ3n) is 5.74. The SMILES string of the molecule is CCCC(=O)N[C@H]1C(OCc2ccccc2)C[C@H](CO)[C@@H](O)[C@@H]1OCc1ccccc1. The van der Waals surface area contributed by atoms with E-state index in [0.29, 0.717) is 26.1 Å². The van der Waals surface area contributed by atoms with Gasteiger partial charge in [-0.15, -0.1) is 0 Å². The molecule has 3 rings (SSSR count). The minimum atomic E-state index is -0.905. The van der Waals surface area contributed by atoms with E-state index < -0.39 is 18.2 Å². The fourth-order valence-electron chi connectivity index (χ4n) is 4.04. The van der Waals surface area contributed by atoms with Gasteiger partial charge < -0.3 is 25.0 Å². The second-order valence-electron chi connectivity index (χ2n) is 8.11. The van der Waals surface area contributed by atoms with Gasteiger partial charge >= 0.3 is 0 Å². The van der Waals surface area contributed by atoms with Crippen LogP contribution in [0.2, 0.25) is 0 Å². The lowest BCUT2D eigenvalue weighted by Crippen LogP contribution is -2.62. The molecule has 2 aromatic rings. The van der Waals surface area contributed by atoms with Crippen molar-refractivity contribution in [1.29, 1.82) is 0 Å². The molecule has 1 aliphatic carbocycles. The standard InChI is InChI=1S/C25H33NO5/c1-2-9-22(28)26-23-21(30-16-18-10-5-3-6-11-18)14-20(15-27)24(29)25(23)31-17-19-12-7-4-8-13-19/h3-8,10-13,20-21,23-25,27,29H,2,9,14-17H2,1H3,(H,26,28)/t20-,21?,23+,24-,25-/m1/s1. The molecule has 0 bridgehead atoms. The first kappa shape index (κ1) is 23.4. The highest BCUT2D eigenvalue weighted by Crippen LogP contribution is 2.31. The number of hydrogen-bond acceptors (Lipinski definition) is 5. The van der Waals surface area contributed by atoms with Gasteiger partial charge in [-0.1, -0.05) is 67.6 Å². The molecule has 1 fully saturated rings. The summed E-state index contributed by atoms with van der Waals surface area (Å²) in [4.78, 5) is 12.5. The summed E-state index contributed by atoms with van der Waals surface area (Å²) in [6.45, 7) is 2.45. The van der Waals surface area contributed by atoms with Crippen molar-refractivity contribution in [3.63, 3.8) is 0 Å². The van der Waals surface area contributed by atoms with E-state index in [-0.39, 0.29) is 24.5 Å². The molecule has 6 nitrogen and oxygen atoms in total. The zero-order chi connectivity index (χ0) is 22.1. The Morgan fingerprint density at radius 1 is 1.00 bits per heavy atom. The van der Waals surface area contributed by atoms with Crippen molar-refractivity contribution in [2.75, 3.05) is 6.61 Å². The largest absolute Gasteiger partial charge is 0.396 e. The van der Waals surface area contributed by atoms with Crippen molar-refractivity contribution in [2.24, 2.45) is 5.92 Å². The molecule has 0 heterocycles. The van der Waals surface area contributed by atoms with Crippen LogP contribution in [-0.4, -0.2) is 47.1 Å². The lowest BCUT2D eigenvalue weighted by Gasteiger charge is -2.44. The summed E-state index contributed by atoms with van der Waals surface area (Å²) < 4.78 is 12.3. The van der Waals surface area contributed by atoms with Crippen LogP contribution < -0.4 is 5.32 Å². The van der Waals surface area contributed by atoms with E-state index in [9.17, 15) is 15.0 Å². The second-order valence-corrected chi connectivity index (χ2v) is 8.11. The summed E-state index contributed by atoms with van der Waals surface area (Å²) in [5.74, 6) is -0.482. The zero-order valence-electron chi connectivity index (χ0n) is 18.0. The van der Waals surface area contributed by atoms with Crippen LogP contribution in [0.15, 0.2) is 60.7 Å². The number of hydrogen-bond donors (Lipinski definition) is 3. The summed E-state index contributed by atoms with van der Waals surface area (Å²) in [6, 6.07) is 19.0. The molecule has 1 saturated carbocycles. The van der Waals surface area contributed by atoms with Crippen LogP contribution in [0.4, 0.5) is 0 Å². The number of benzene rings is 2. The predicted molar refractivity (Wildman–Crippen MR) is 118 cm³/mol. The van der Waals surface area contributed by atoms with Gasteiger partial charge in [-0.3, -0.25) is 4.79 Å². The van der Waals surface area contributed by atoms with Gasteiger partial charge in [-0.25, -0.2) is 0 Å². The van der Waals surface area contributed by atoms with E-state index in [4.69, 9.17) is 9.47 Å². The van der Waals surface area contributed by atoms with Gasteiger partial charge in [0, 0.05) is 18.9 Å². The molecule has 0 radical (unpaired) electrons. The van der Waals surface area contributed by atoms with Gasteiger partial charge in [0.05, 0.1) is 31.5 Å². The lowest BCUT2D eigenvalue weighted by molar-refractivity contribution is -0.164. The van der Waals surface area contributed by atoms with Crippen LogP contribution in [-0.2, 0) is 27.5 Å². The normalized spacial score (nSPS) is 25.8. The molecule has 0 aromatic heterocycles. The number of carbonyl (C=O) groups excluding carboxylic acids is 1. The van der Waals surface area contributed by atoms with Crippen molar-refractivity contribution < 1.29 is 24.5 Å². The Morgan fingerprint density at radius 2 is 1.58 bits per heavy atom. The van der Waals surface area contributed by atoms with E-state index in [1.165, 1.54) is 0 Å². The van der Waals surface area contributed by atoms with Crippen LogP contribution in [0.1, 0.15) is 37.3 Å². The highest BCUT2D eigenvalue weighted by Gasteiger charge is 2.46. The maximum Gasteiger partial charge on any atom is 0.220 e. The summed E-state index contributed by atoms with van der Waals surface area (Å²) in [5.41, 5.74) is 2.00. The second kappa shape index (κ2) is 12.0. The van der Waals surface area contributed by atoms with E-state index >= 15 is 0 Å². The fraction of sp³-hybridized carbons (Fsp3) is 0.480. The molecule has 168 valence electrons. The monoisotopic (exact) mass is 427 g/mol. The van der Waals surface area contributed by atoms with E-state index in [1.54, 1.807) is 0 Å².